The lowest BCUT2D eigenvalue weighted by molar-refractivity contribution is -0.113. The summed E-state index contributed by atoms with van der Waals surface area (Å²) in [6.45, 7) is 4.33. The number of fused-ring (bicyclic) bond motifs is 1. The average molecular weight is 510 g/mol. The van der Waals surface area contributed by atoms with Crippen molar-refractivity contribution in [3.63, 3.8) is 0 Å². The van der Waals surface area contributed by atoms with Crippen molar-refractivity contribution in [1.29, 1.82) is 5.26 Å². The number of allylic oxidation sites excluding steroid dienone is 1. The van der Waals surface area contributed by atoms with Gasteiger partial charge >= 0.3 is 0 Å². The standard InChI is InChI=1S/C25H27N5O3S2/c1-4-12-30-23(16-10-11-19(32-2)20(13-16)33-3)28-29-25(30)34-15-22(31)27-24-18(14-26)17-8-6-5-7-9-21(17)35-24/h4,10-11,13H,1,5-9,12,15H2,2-3H3,(H,27,31). The van der Waals surface area contributed by atoms with E-state index in [0.717, 1.165) is 36.8 Å². The van der Waals surface area contributed by atoms with E-state index in [4.69, 9.17) is 9.47 Å². The summed E-state index contributed by atoms with van der Waals surface area (Å²) in [4.78, 5) is 14.0. The molecule has 0 fully saturated rings. The second kappa shape index (κ2) is 11.4. The number of thioether (sulfide) groups is 1. The van der Waals surface area contributed by atoms with Crippen molar-refractivity contribution in [2.45, 2.75) is 43.8 Å². The van der Waals surface area contributed by atoms with E-state index < -0.39 is 0 Å². The predicted molar refractivity (Wildman–Crippen MR) is 138 cm³/mol. The molecule has 2 heterocycles. The van der Waals surface area contributed by atoms with Crippen LogP contribution in [0.3, 0.4) is 0 Å². The minimum Gasteiger partial charge on any atom is -0.493 e. The number of nitrogens with zero attached hydrogens (tertiary/aromatic N) is 4. The number of anilines is 1. The van der Waals surface area contributed by atoms with Crippen LogP contribution >= 0.6 is 23.1 Å². The van der Waals surface area contributed by atoms with Gasteiger partial charge in [0.05, 0.1) is 25.5 Å². The fraction of sp³-hybridized carbons (Fsp3) is 0.360. The third kappa shape index (κ3) is 5.36. The lowest BCUT2D eigenvalue weighted by atomic mass is 10.1. The molecule has 2 aromatic heterocycles. The van der Waals surface area contributed by atoms with Crippen LogP contribution in [0.5, 0.6) is 11.5 Å². The normalized spacial score (nSPS) is 12.8. The summed E-state index contributed by atoms with van der Waals surface area (Å²) in [5, 5.41) is 22.6. The number of carbonyl (C=O) groups excluding carboxylic acids is 1. The van der Waals surface area contributed by atoms with E-state index in [1.807, 2.05) is 22.8 Å². The molecular formula is C25H27N5O3S2. The summed E-state index contributed by atoms with van der Waals surface area (Å²) in [5.74, 6) is 1.83. The van der Waals surface area contributed by atoms with Crippen LogP contribution in [0.2, 0.25) is 0 Å². The molecule has 0 saturated carbocycles. The number of aromatic nitrogens is 3. The molecule has 0 radical (unpaired) electrons. The highest BCUT2D eigenvalue weighted by molar-refractivity contribution is 7.99. The van der Waals surface area contributed by atoms with Gasteiger partial charge in [-0.25, -0.2) is 0 Å². The molecule has 1 aliphatic carbocycles. The van der Waals surface area contributed by atoms with Gasteiger partial charge in [0.25, 0.3) is 0 Å². The maximum Gasteiger partial charge on any atom is 0.235 e. The van der Waals surface area contributed by atoms with E-state index in [1.165, 1.54) is 34.4 Å². The second-order valence-corrected chi connectivity index (χ2v) is 10.0. The van der Waals surface area contributed by atoms with Crippen molar-refractivity contribution in [2.24, 2.45) is 0 Å². The highest BCUT2D eigenvalue weighted by Crippen LogP contribution is 2.37. The van der Waals surface area contributed by atoms with Crippen LogP contribution in [0, 0.1) is 11.3 Å². The topological polar surface area (TPSA) is 102 Å². The molecule has 182 valence electrons. The fourth-order valence-electron chi connectivity index (χ4n) is 4.12. The number of nitrogens with one attached hydrogen (secondary N) is 1. The molecule has 10 heteroatoms. The van der Waals surface area contributed by atoms with Gasteiger partial charge in [0.2, 0.25) is 5.91 Å². The third-order valence-corrected chi connectivity index (χ3v) is 7.96. The van der Waals surface area contributed by atoms with Crippen LogP contribution in [-0.4, -0.2) is 40.6 Å². The minimum atomic E-state index is -0.177. The van der Waals surface area contributed by atoms with Crippen LogP contribution in [-0.2, 0) is 24.2 Å². The first-order valence-electron chi connectivity index (χ1n) is 11.3. The van der Waals surface area contributed by atoms with E-state index >= 15 is 0 Å². The van der Waals surface area contributed by atoms with Crippen molar-refractivity contribution in [2.75, 3.05) is 25.3 Å². The molecule has 4 rings (SSSR count). The first-order chi connectivity index (χ1) is 17.1. The number of aryl methyl sites for hydroxylation is 1. The van der Waals surface area contributed by atoms with Gasteiger partial charge in [-0.15, -0.1) is 28.1 Å². The monoisotopic (exact) mass is 509 g/mol. The third-order valence-electron chi connectivity index (χ3n) is 5.79. The average Bonchev–Trinajstić information content (AvgIpc) is 3.33. The van der Waals surface area contributed by atoms with Crippen LogP contribution < -0.4 is 14.8 Å². The highest BCUT2D eigenvalue weighted by Gasteiger charge is 2.22. The number of methoxy groups -OCH3 is 2. The van der Waals surface area contributed by atoms with Crippen LogP contribution in [0.15, 0.2) is 36.0 Å². The lowest BCUT2D eigenvalue weighted by Crippen LogP contribution is -2.14. The minimum absolute atomic E-state index is 0.147. The summed E-state index contributed by atoms with van der Waals surface area (Å²) in [5.41, 5.74) is 2.55. The Morgan fingerprint density at radius 1 is 1.26 bits per heavy atom. The van der Waals surface area contributed by atoms with E-state index in [-0.39, 0.29) is 11.7 Å². The molecule has 1 amide bonds. The van der Waals surface area contributed by atoms with Gasteiger partial charge in [-0.05, 0) is 49.4 Å². The molecule has 8 nitrogen and oxygen atoms in total. The molecule has 0 spiro atoms. The van der Waals surface area contributed by atoms with E-state index in [0.29, 0.717) is 39.6 Å². The Hall–Kier alpha value is -3.29. The Morgan fingerprint density at radius 2 is 2.06 bits per heavy atom. The first-order valence-corrected chi connectivity index (χ1v) is 13.1. The van der Waals surface area contributed by atoms with Gasteiger partial charge in [-0.3, -0.25) is 9.36 Å². The summed E-state index contributed by atoms with van der Waals surface area (Å²) in [6, 6.07) is 7.85. The number of carbonyl (C=O) groups is 1. The zero-order chi connectivity index (χ0) is 24.8. The van der Waals surface area contributed by atoms with E-state index in [1.54, 1.807) is 20.3 Å². The largest absolute Gasteiger partial charge is 0.493 e. The molecule has 1 aromatic carbocycles. The predicted octanol–water partition coefficient (Wildman–Crippen LogP) is 5.08. The van der Waals surface area contributed by atoms with Gasteiger partial charge in [0, 0.05) is 17.0 Å². The Morgan fingerprint density at radius 3 is 2.80 bits per heavy atom. The van der Waals surface area contributed by atoms with Gasteiger partial charge in [0.1, 0.15) is 11.1 Å². The molecule has 0 bridgehead atoms. The van der Waals surface area contributed by atoms with Crippen molar-refractivity contribution in [3.8, 4) is 29.0 Å². The Labute approximate surface area is 213 Å². The van der Waals surface area contributed by atoms with E-state index in [2.05, 4.69) is 28.2 Å². The zero-order valence-corrected chi connectivity index (χ0v) is 21.4. The SMILES string of the molecule is C=CCn1c(SCC(=O)Nc2sc3c(c2C#N)CCCCC3)nnc1-c1ccc(OC)c(OC)c1. The fourth-order valence-corrected chi connectivity index (χ4v) is 6.12. The number of hydrogen-bond donors (Lipinski definition) is 1. The molecule has 1 aliphatic rings. The Kier molecular flexibility index (Phi) is 8.10. The molecular weight excluding hydrogens is 482 g/mol. The summed E-state index contributed by atoms with van der Waals surface area (Å²) < 4.78 is 12.6. The first kappa shape index (κ1) is 24.8. The quantitative estimate of drug-likeness (QED) is 0.244. The molecule has 0 unspecified atom stereocenters. The molecule has 0 saturated heterocycles. The number of amides is 1. The number of rotatable bonds is 9. The van der Waals surface area contributed by atoms with Crippen LogP contribution in [0.4, 0.5) is 5.00 Å². The summed E-state index contributed by atoms with van der Waals surface area (Å²) >= 11 is 2.83. The molecule has 0 aliphatic heterocycles. The van der Waals surface area contributed by atoms with Crippen molar-refractivity contribution in [1.82, 2.24) is 14.8 Å². The smallest absolute Gasteiger partial charge is 0.235 e. The van der Waals surface area contributed by atoms with Crippen LogP contribution in [0.1, 0.15) is 35.3 Å². The van der Waals surface area contributed by atoms with Gasteiger partial charge < -0.3 is 14.8 Å². The number of hydrogen-bond acceptors (Lipinski definition) is 8. The summed E-state index contributed by atoms with van der Waals surface area (Å²) in [6.07, 6.45) is 7.04. The number of thiophene rings is 1. The maximum absolute atomic E-state index is 12.8. The van der Waals surface area contributed by atoms with Crippen LogP contribution in [0.25, 0.3) is 11.4 Å². The van der Waals surface area contributed by atoms with Crippen molar-refractivity contribution in [3.05, 3.63) is 46.9 Å². The summed E-state index contributed by atoms with van der Waals surface area (Å²) in [7, 11) is 3.17. The molecule has 0 atom stereocenters. The zero-order valence-electron chi connectivity index (χ0n) is 19.8. The maximum atomic E-state index is 12.8. The van der Waals surface area contributed by atoms with E-state index in [9.17, 15) is 10.1 Å². The number of benzene rings is 1. The van der Waals surface area contributed by atoms with Gasteiger partial charge in [0.15, 0.2) is 22.5 Å². The number of nitriles is 1. The Bertz CT molecular complexity index is 1270. The number of ether oxygens (including phenoxy) is 2. The van der Waals surface area contributed by atoms with Gasteiger partial charge in [-0.2, -0.15) is 5.26 Å². The highest BCUT2D eigenvalue weighted by atomic mass is 32.2. The molecule has 35 heavy (non-hydrogen) atoms. The lowest BCUT2D eigenvalue weighted by Gasteiger charge is -2.11. The Balaban J connectivity index is 1.50. The van der Waals surface area contributed by atoms with Crippen molar-refractivity contribution < 1.29 is 14.3 Å². The molecule has 3 aromatic rings. The molecule has 1 N–H and O–H groups in total. The second-order valence-electron chi connectivity index (χ2n) is 7.99. The van der Waals surface area contributed by atoms with Gasteiger partial charge in [-0.1, -0.05) is 24.3 Å². The van der Waals surface area contributed by atoms with Crippen molar-refractivity contribution >= 4 is 34.0 Å².